The van der Waals surface area contributed by atoms with Gasteiger partial charge in [0.05, 0.1) is 23.8 Å². The molecule has 0 aromatic heterocycles. The molecular weight excluding hydrogens is 312 g/mol. The molecule has 0 unspecified atom stereocenters. The summed E-state index contributed by atoms with van der Waals surface area (Å²) in [5, 5.41) is 13.1. The van der Waals surface area contributed by atoms with Crippen LogP contribution in [-0.4, -0.2) is 20.5 Å². The van der Waals surface area contributed by atoms with E-state index in [0.29, 0.717) is 6.04 Å². The van der Waals surface area contributed by atoms with Crippen LogP contribution in [0.15, 0.2) is 18.2 Å². The zero-order valence-corrected chi connectivity index (χ0v) is 17.1. The van der Waals surface area contributed by atoms with Crippen molar-refractivity contribution in [2.45, 2.75) is 83.7 Å². The molecule has 24 heavy (non-hydrogen) atoms. The van der Waals surface area contributed by atoms with E-state index in [0.717, 1.165) is 29.7 Å². The van der Waals surface area contributed by atoms with Gasteiger partial charge in [-0.1, -0.05) is 33.6 Å². The first-order valence-electron chi connectivity index (χ1n) is 9.08. The molecule has 3 nitrogen and oxygen atoms in total. The molecule has 0 heterocycles. The summed E-state index contributed by atoms with van der Waals surface area (Å²) in [5.41, 5.74) is 2.88. The molecule has 0 radical (unpaired) electrons. The highest BCUT2D eigenvalue weighted by Crippen LogP contribution is 2.39. The maximum atomic E-state index is 9.19. The first-order valence-corrected chi connectivity index (χ1v) is 12.0. The van der Waals surface area contributed by atoms with Crippen LogP contribution < -0.4 is 5.32 Å². The maximum Gasteiger partial charge on any atom is 0.192 e. The third kappa shape index (κ3) is 4.61. The number of nitrogens with one attached hydrogen (secondary N) is 1. The van der Waals surface area contributed by atoms with E-state index in [2.05, 4.69) is 51.3 Å². The normalized spacial score (nSPS) is 22.0. The number of hydrogen-bond donors (Lipinski definition) is 1. The van der Waals surface area contributed by atoms with E-state index in [4.69, 9.17) is 4.43 Å². The van der Waals surface area contributed by atoms with Gasteiger partial charge in [-0.15, -0.1) is 0 Å². The Morgan fingerprint density at radius 3 is 2.46 bits per heavy atom. The van der Waals surface area contributed by atoms with Crippen molar-refractivity contribution in [1.82, 2.24) is 0 Å². The molecule has 1 fully saturated rings. The molecule has 0 bridgehead atoms. The molecule has 2 atom stereocenters. The van der Waals surface area contributed by atoms with Crippen LogP contribution in [-0.2, 0) is 4.43 Å². The lowest BCUT2D eigenvalue weighted by atomic mass is 9.92. The van der Waals surface area contributed by atoms with E-state index in [1.807, 2.05) is 19.1 Å². The average molecular weight is 345 g/mol. The van der Waals surface area contributed by atoms with E-state index in [-0.39, 0.29) is 11.1 Å². The van der Waals surface area contributed by atoms with Gasteiger partial charge in [0.25, 0.3) is 0 Å². The van der Waals surface area contributed by atoms with Crippen LogP contribution in [0.4, 0.5) is 5.69 Å². The van der Waals surface area contributed by atoms with Gasteiger partial charge < -0.3 is 9.74 Å². The second-order valence-corrected chi connectivity index (χ2v) is 13.4. The number of anilines is 1. The summed E-state index contributed by atoms with van der Waals surface area (Å²) in [7, 11) is -1.77. The number of hydrogen-bond acceptors (Lipinski definition) is 3. The van der Waals surface area contributed by atoms with Crippen molar-refractivity contribution in [2.24, 2.45) is 0 Å². The van der Waals surface area contributed by atoms with Gasteiger partial charge >= 0.3 is 0 Å². The fraction of sp³-hybridized carbons (Fsp3) is 0.650. The van der Waals surface area contributed by atoms with E-state index in [9.17, 15) is 5.26 Å². The van der Waals surface area contributed by atoms with E-state index >= 15 is 0 Å². The first-order chi connectivity index (χ1) is 11.1. The zero-order valence-electron chi connectivity index (χ0n) is 16.1. The summed E-state index contributed by atoms with van der Waals surface area (Å²) >= 11 is 0. The Bertz CT molecular complexity index is 613. The smallest absolute Gasteiger partial charge is 0.192 e. The molecule has 132 valence electrons. The largest absolute Gasteiger partial charge is 0.412 e. The van der Waals surface area contributed by atoms with Gasteiger partial charge in [-0.2, -0.15) is 5.26 Å². The van der Waals surface area contributed by atoms with Crippen LogP contribution in [0, 0.1) is 18.3 Å². The second-order valence-electron chi connectivity index (χ2n) is 8.65. The minimum Gasteiger partial charge on any atom is -0.412 e. The third-order valence-corrected chi connectivity index (χ3v) is 10.0. The molecule has 1 aliphatic carbocycles. The zero-order chi connectivity index (χ0) is 18.0. The molecule has 0 amide bonds. The predicted molar refractivity (Wildman–Crippen MR) is 104 cm³/mol. The highest BCUT2D eigenvalue weighted by atomic mass is 28.4. The minimum absolute atomic E-state index is 0.228. The summed E-state index contributed by atoms with van der Waals surface area (Å²) in [4.78, 5) is 0. The van der Waals surface area contributed by atoms with Crippen LogP contribution in [0.2, 0.25) is 18.1 Å². The van der Waals surface area contributed by atoms with Crippen LogP contribution in [0.1, 0.15) is 57.6 Å². The fourth-order valence-electron chi connectivity index (χ4n) is 3.10. The average Bonchev–Trinajstić information content (AvgIpc) is 2.47. The summed E-state index contributed by atoms with van der Waals surface area (Å²) < 4.78 is 6.73. The summed E-state index contributed by atoms with van der Waals surface area (Å²) in [5.74, 6) is 0. The van der Waals surface area contributed by atoms with Crippen molar-refractivity contribution in [2.75, 3.05) is 5.32 Å². The molecule has 1 saturated carbocycles. The standard InChI is InChI=1S/C20H32N2OSi/c1-15-11-16(14-21)13-17(12-15)22-18-9-7-8-10-19(18)23-24(5,6)20(2,3)4/h11-13,18-19,22H,7-10H2,1-6H3/t18-,19-/m1/s1. The molecule has 0 saturated heterocycles. The molecule has 0 spiro atoms. The third-order valence-electron chi connectivity index (χ3n) is 5.51. The van der Waals surface area contributed by atoms with Crippen molar-refractivity contribution in [3.63, 3.8) is 0 Å². The van der Waals surface area contributed by atoms with Crippen molar-refractivity contribution >= 4 is 14.0 Å². The quantitative estimate of drug-likeness (QED) is 0.722. The highest BCUT2D eigenvalue weighted by Gasteiger charge is 2.41. The highest BCUT2D eigenvalue weighted by molar-refractivity contribution is 6.74. The lowest BCUT2D eigenvalue weighted by molar-refractivity contribution is 0.124. The summed E-state index contributed by atoms with van der Waals surface area (Å²) in [6, 6.07) is 8.58. The number of rotatable bonds is 4. The van der Waals surface area contributed by atoms with Gasteiger partial charge in [-0.25, -0.2) is 0 Å². The number of benzene rings is 1. The Hall–Kier alpha value is -1.31. The van der Waals surface area contributed by atoms with Gasteiger partial charge in [0.2, 0.25) is 0 Å². The monoisotopic (exact) mass is 344 g/mol. The van der Waals surface area contributed by atoms with Gasteiger partial charge in [0, 0.05) is 5.69 Å². The Morgan fingerprint density at radius 1 is 1.17 bits per heavy atom. The van der Waals surface area contributed by atoms with Gasteiger partial charge in [0.15, 0.2) is 8.32 Å². The Morgan fingerprint density at radius 2 is 1.83 bits per heavy atom. The van der Waals surface area contributed by atoms with Crippen LogP contribution >= 0.6 is 0 Å². The SMILES string of the molecule is Cc1cc(C#N)cc(N[C@@H]2CCCC[C@H]2O[Si](C)(C)C(C)(C)C)c1. The topological polar surface area (TPSA) is 45.0 Å². The Labute approximate surface area is 148 Å². The lowest BCUT2D eigenvalue weighted by Crippen LogP contribution is -2.49. The molecule has 0 aliphatic heterocycles. The molecule has 2 rings (SSSR count). The van der Waals surface area contributed by atoms with Crippen LogP contribution in [0.3, 0.4) is 0 Å². The predicted octanol–water partition coefficient (Wildman–Crippen LogP) is 5.61. The summed E-state index contributed by atoms with van der Waals surface area (Å²) in [6.45, 7) is 13.6. The molecule has 1 aromatic carbocycles. The molecule has 1 N–H and O–H groups in total. The molecule has 1 aromatic rings. The first kappa shape index (κ1) is 19.0. The minimum atomic E-state index is -1.77. The van der Waals surface area contributed by atoms with Crippen LogP contribution in [0.25, 0.3) is 0 Å². The van der Waals surface area contributed by atoms with E-state index in [1.54, 1.807) is 0 Å². The second kappa shape index (κ2) is 7.29. The van der Waals surface area contributed by atoms with Gasteiger partial charge in [0.1, 0.15) is 0 Å². The van der Waals surface area contributed by atoms with Crippen molar-refractivity contribution in [3.05, 3.63) is 29.3 Å². The van der Waals surface area contributed by atoms with Crippen molar-refractivity contribution in [3.8, 4) is 6.07 Å². The van der Waals surface area contributed by atoms with E-state index in [1.165, 1.54) is 12.8 Å². The summed E-state index contributed by atoms with van der Waals surface area (Å²) in [6.07, 6.45) is 5.02. The van der Waals surface area contributed by atoms with Crippen molar-refractivity contribution in [1.29, 1.82) is 5.26 Å². The Balaban J connectivity index is 2.15. The van der Waals surface area contributed by atoms with Crippen molar-refractivity contribution < 1.29 is 4.43 Å². The fourth-order valence-corrected chi connectivity index (χ4v) is 4.50. The molecular formula is C20H32N2OSi. The maximum absolute atomic E-state index is 9.19. The lowest BCUT2D eigenvalue weighted by Gasteiger charge is -2.43. The van der Waals surface area contributed by atoms with Crippen LogP contribution in [0.5, 0.6) is 0 Å². The van der Waals surface area contributed by atoms with E-state index < -0.39 is 8.32 Å². The molecule has 4 heteroatoms. The number of nitriles is 1. The number of aryl methyl sites for hydroxylation is 1. The van der Waals surface area contributed by atoms with Gasteiger partial charge in [-0.05, 0) is 61.7 Å². The van der Waals surface area contributed by atoms with Gasteiger partial charge in [-0.3, -0.25) is 0 Å². The molecule has 1 aliphatic rings. The Kier molecular flexibility index (Phi) is 5.77. The number of nitrogens with zero attached hydrogens (tertiary/aromatic N) is 1.